The van der Waals surface area contributed by atoms with E-state index in [1.165, 1.54) is 197 Å². The summed E-state index contributed by atoms with van der Waals surface area (Å²) in [6.07, 6.45) is 42.3. The Hall–Kier alpha value is -2.91. The van der Waals surface area contributed by atoms with Crippen LogP contribution in [0.1, 0.15) is 231 Å². The molecule has 0 radical (unpaired) electrons. The number of hydrogen-bond donors (Lipinski definition) is 0. The molecule has 0 unspecified atom stereocenters. The van der Waals surface area contributed by atoms with Crippen molar-refractivity contribution in [2.24, 2.45) is 9.98 Å². The number of para-hydroxylation sites is 1. The van der Waals surface area contributed by atoms with Crippen LogP contribution in [0, 0.1) is 6.92 Å². The van der Waals surface area contributed by atoms with Crippen LogP contribution in [0.2, 0.25) is 0 Å². The van der Waals surface area contributed by atoms with Crippen LogP contribution in [0.15, 0.2) is 76.7 Å². The number of benzene rings is 3. The molecular formula is C56H88N2NiO2. The first-order valence-electron chi connectivity index (χ1n) is 25.1. The van der Waals surface area contributed by atoms with Crippen molar-refractivity contribution >= 4 is 22.8 Å². The van der Waals surface area contributed by atoms with E-state index in [1.54, 1.807) is 19.1 Å². The molecule has 0 heterocycles. The van der Waals surface area contributed by atoms with E-state index in [0.717, 1.165) is 42.1 Å². The average Bonchev–Trinajstić information content (AvgIpc) is 3.26. The van der Waals surface area contributed by atoms with E-state index in [4.69, 9.17) is 9.98 Å². The van der Waals surface area contributed by atoms with Gasteiger partial charge in [0.2, 0.25) is 0 Å². The van der Waals surface area contributed by atoms with E-state index in [-0.39, 0.29) is 16.5 Å². The summed E-state index contributed by atoms with van der Waals surface area (Å²) in [6, 6.07) is 22.4. The maximum absolute atomic E-state index is 10.7. The van der Waals surface area contributed by atoms with Gasteiger partial charge >= 0.3 is 16.5 Å². The van der Waals surface area contributed by atoms with Crippen molar-refractivity contribution in [1.29, 1.82) is 0 Å². The van der Waals surface area contributed by atoms with E-state index in [2.05, 4.69) is 76.2 Å². The molecule has 0 atom stereocenters. The smallest absolute Gasteiger partial charge is 0.873 e. The number of aliphatic imine (C=N–C) groups is 2. The van der Waals surface area contributed by atoms with Crippen molar-refractivity contribution in [1.82, 2.24) is 0 Å². The second kappa shape index (κ2) is 38.7. The summed E-state index contributed by atoms with van der Waals surface area (Å²) in [6.45, 7) is 10.6. The quantitative estimate of drug-likeness (QED) is 0.0341. The van der Waals surface area contributed by atoms with Gasteiger partial charge in [-0.3, -0.25) is 9.98 Å². The second-order valence-corrected chi connectivity index (χ2v) is 17.6. The zero-order valence-electron chi connectivity index (χ0n) is 39.8. The fourth-order valence-electron chi connectivity index (χ4n) is 7.87. The molecule has 0 fully saturated rings. The van der Waals surface area contributed by atoms with Crippen LogP contribution in [0.5, 0.6) is 11.5 Å². The van der Waals surface area contributed by atoms with Gasteiger partial charge in [-0.1, -0.05) is 229 Å². The molecule has 3 rings (SSSR count). The summed E-state index contributed by atoms with van der Waals surface area (Å²) in [7, 11) is 0. The van der Waals surface area contributed by atoms with Gasteiger partial charge in [0.25, 0.3) is 0 Å². The summed E-state index contributed by atoms with van der Waals surface area (Å²) >= 11 is 0. The second-order valence-electron chi connectivity index (χ2n) is 17.6. The van der Waals surface area contributed by atoms with E-state index >= 15 is 0 Å². The minimum absolute atomic E-state index is 0. The standard InChI is InChI=1S/C49H82N2.C7H8O2.Ni/c1-5-8-11-13-15-17-19-21-23-25-27-29-31-33-45-36-40-47(41-37-45)50-44(4)49(35-10-7-3)51-48-42-38-46(39-43-48)34-32-30-28-26-24-22-20-18-16-14-12-9-6-2;1-5-3-2-4-6(8)7(5)9;/h36-43H,5-35H2,1-4H3;2-4,8-9H,1H3;/q;;+2/p-2. The van der Waals surface area contributed by atoms with E-state index in [1.807, 2.05) is 0 Å². The molecule has 0 saturated carbocycles. The third-order valence-electron chi connectivity index (χ3n) is 11.9. The van der Waals surface area contributed by atoms with Crippen molar-refractivity contribution in [2.45, 2.75) is 234 Å². The van der Waals surface area contributed by atoms with Crippen LogP contribution < -0.4 is 10.2 Å². The van der Waals surface area contributed by atoms with Crippen molar-refractivity contribution in [3.63, 3.8) is 0 Å². The molecule has 344 valence electrons. The molecule has 0 N–H and O–H groups in total. The summed E-state index contributed by atoms with van der Waals surface area (Å²) in [5.41, 5.74) is 7.66. The normalized spacial score (nSPS) is 11.6. The minimum Gasteiger partial charge on any atom is -0.873 e. The molecule has 3 aromatic carbocycles. The molecule has 0 saturated heterocycles. The Morgan fingerprint density at radius 3 is 1.11 bits per heavy atom. The summed E-state index contributed by atoms with van der Waals surface area (Å²) in [4.78, 5) is 10.1. The minimum atomic E-state index is -0.421. The van der Waals surface area contributed by atoms with E-state index in [0.29, 0.717) is 5.56 Å². The molecule has 0 bridgehead atoms. The zero-order chi connectivity index (χ0) is 43.3. The molecular weight excluding hydrogens is 791 g/mol. The molecule has 4 nitrogen and oxygen atoms in total. The molecule has 0 aliphatic rings. The Kier molecular flexibility index (Phi) is 35.6. The molecule has 61 heavy (non-hydrogen) atoms. The monoisotopic (exact) mass is 879 g/mol. The Balaban J connectivity index is 0.00000164. The van der Waals surface area contributed by atoms with Gasteiger partial charge in [-0.25, -0.2) is 0 Å². The Morgan fingerprint density at radius 1 is 0.426 bits per heavy atom. The fraction of sp³-hybridized carbons (Fsp3) is 0.643. The van der Waals surface area contributed by atoms with Gasteiger partial charge in [0.15, 0.2) is 0 Å². The van der Waals surface area contributed by atoms with E-state index in [9.17, 15) is 10.2 Å². The fourth-order valence-corrected chi connectivity index (χ4v) is 7.87. The molecule has 0 aliphatic heterocycles. The third-order valence-corrected chi connectivity index (χ3v) is 11.9. The van der Waals surface area contributed by atoms with Crippen LogP contribution >= 0.6 is 0 Å². The number of unbranched alkanes of at least 4 members (excludes halogenated alkanes) is 25. The summed E-state index contributed by atoms with van der Waals surface area (Å²) in [5, 5.41) is 21.2. The molecule has 3 aromatic rings. The molecule has 5 heteroatoms. The van der Waals surface area contributed by atoms with Crippen LogP contribution in [0.4, 0.5) is 11.4 Å². The van der Waals surface area contributed by atoms with Gasteiger partial charge in [0.05, 0.1) is 22.8 Å². The predicted molar refractivity (Wildman–Crippen MR) is 261 cm³/mol. The topological polar surface area (TPSA) is 70.8 Å². The van der Waals surface area contributed by atoms with Crippen molar-refractivity contribution in [3.8, 4) is 11.5 Å². The van der Waals surface area contributed by atoms with Gasteiger partial charge in [-0.05, 0) is 87.8 Å². The number of aryl methyl sites for hydroxylation is 3. The van der Waals surface area contributed by atoms with Gasteiger partial charge in [-0.15, -0.1) is 11.5 Å². The van der Waals surface area contributed by atoms with Gasteiger partial charge < -0.3 is 10.2 Å². The van der Waals surface area contributed by atoms with Crippen LogP contribution in [0.25, 0.3) is 0 Å². The summed E-state index contributed by atoms with van der Waals surface area (Å²) in [5.74, 6) is -0.812. The molecule has 0 spiro atoms. The van der Waals surface area contributed by atoms with Crippen LogP contribution in [-0.2, 0) is 29.3 Å². The first-order valence-corrected chi connectivity index (χ1v) is 25.1. The van der Waals surface area contributed by atoms with Gasteiger partial charge in [-0.2, -0.15) is 0 Å². The number of rotatable bonds is 34. The maximum atomic E-state index is 10.7. The largest absolute Gasteiger partial charge is 2.00 e. The van der Waals surface area contributed by atoms with Crippen LogP contribution in [0.3, 0.4) is 0 Å². The third kappa shape index (κ3) is 29.2. The summed E-state index contributed by atoms with van der Waals surface area (Å²) < 4.78 is 0. The van der Waals surface area contributed by atoms with Gasteiger partial charge in [0, 0.05) is 0 Å². The van der Waals surface area contributed by atoms with E-state index < -0.39 is 11.5 Å². The first-order chi connectivity index (χ1) is 29.4. The number of hydrogen-bond acceptors (Lipinski definition) is 4. The van der Waals surface area contributed by atoms with Gasteiger partial charge in [0.1, 0.15) is 0 Å². The molecule has 0 amide bonds. The predicted octanol–water partition coefficient (Wildman–Crippen LogP) is 17.1. The average molecular weight is 880 g/mol. The first kappa shape index (κ1) is 56.1. The molecule has 0 aliphatic carbocycles. The van der Waals surface area contributed by atoms with Crippen molar-refractivity contribution < 1.29 is 26.7 Å². The van der Waals surface area contributed by atoms with Crippen LogP contribution in [-0.4, -0.2) is 11.4 Å². The Morgan fingerprint density at radius 2 is 0.770 bits per heavy atom. The Labute approximate surface area is 386 Å². The SMILES string of the molecule is CCCCCCCCCCCCCCCc1ccc(N=C(C)C(CCCC)=Nc2ccc(CCCCCCCCCCCCCCC)cc2)cc1.Cc1cccc([O-])c1[O-].[Ni+2]. The number of nitrogens with zero attached hydrogens (tertiary/aromatic N) is 2. The van der Waals surface area contributed by atoms with Crippen molar-refractivity contribution in [2.75, 3.05) is 0 Å². The maximum Gasteiger partial charge on any atom is 2.00 e. The Bertz CT molecular complexity index is 1490. The molecule has 0 aromatic heterocycles. The zero-order valence-corrected chi connectivity index (χ0v) is 40.8. The van der Waals surface area contributed by atoms with Crippen molar-refractivity contribution in [3.05, 3.63) is 83.4 Å².